The van der Waals surface area contributed by atoms with E-state index < -0.39 is 17.1 Å². The van der Waals surface area contributed by atoms with Crippen molar-refractivity contribution in [2.24, 2.45) is 0 Å². The number of thioether (sulfide) groups is 1. The summed E-state index contributed by atoms with van der Waals surface area (Å²) in [4.78, 5) is 39.3. The molecule has 34 heavy (non-hydrogen) atoms. The Morgan fingerprint density at radius 1 is 1.09 bits per heavy atom. The molecule has 3 aromatic carbocycles. The first-order valence-corrected chi connectivity index (χ1v) is 11.3. The fraction of sp³-hybridized carbons (Fsp3) is 0.115. The van der Waals surface area contributed by atoms with E-state index in [9.17, 15) is 14.4 Å². The van der Waals surface area contributed by atoms with Crippen LogP contribution in [0.15, 0.2) is 78.2 Å². The van der Waals surface area contributed by atoms with Gasteiger partial charge in [-0.3, -0.25) is 19.3 Å². The number of rotatable bonds is 8. The Kier molecular flexibility index (Phi) is 6.98. The molecule has 1 aliphatic rings. The highest BCUT2D eigenvalue weighted by Crippen LogP contribution is 2.37. The van der Waals surface area contributed by atoms with Crippen LogP contribution in [0, 0.1) is 0 Å². The molecule has 172 valence electrons. The van der Waals surface area contributed by atoms with Crippen LogP contribution >= 0.6 is 11.8 Å². The van der Waals surface area contributed by atoms with Gasteiger partial charge in [0.25, 0.3) is 11.1 Å². The normalized spacial score (nSPS) is 14.5. The van der Waals surface area contributed by atoms with E-state index in [0.717, 1.165) is 27.4 Å². The van der Waals surface area contributed by atoms with Gasteiger partial charge in [-0.2, -0.15) is 0 Å². The summed E-state index contributed by atoms with van der Waals surface area (Å²) in [7, 11) is 1.52. The topological polar surface area (TPSA) is 84.9 Å². The standard InChI is InChI=1S/C26H22N2O5S/c1-3-14-33-24-18(10-7-13-21(24)32-2)15-22-25(30)28(26(31)34-22)16-23(29)27-20-12-6-9-17-8-4-5-11-19(17)20/h3-13,15H,1,14,16H2,2H3,(H,27,29)/b22-15-. The SMILES string of the molecule is C=CCOc1c(/C=C2\SC(=O)N(CC(=O)Nc3cccc4ccccc34)C2=O)cccc1OC. The van der Waals surface area contributed by atoms with Crippen LogP contribution in [0.5, 0.6) is 11.5 Å². The van der Waals surface area contributed by atoms with Crippen LogP contribution in [0.1, 0.15) is 5.56 Å². The van der Waals surface area contributed by atoms with Gasteiger partial charge >= 0.3 is 0 Å². The minimum absolute atomic E-state index is 0.194. The summed E-state index contributed by atoms with van der Waals surface area (Å²) in [5.41, 5.74) is 1.19. The average Bonchev–Trinajstić information content (AvgIpc) is 3.10. The highest BCUT2D eigenvalue weighted by molar-refractivity contribution is 8.18. The lowest BCUT2D eigenvalue weighted by atomic mass is 10.1. The van der Waals surface area contributed by atoms with Gasteiger partial charge in [-0.15, -0.1) is 0 Å². The number of para-hydroxylation sites is 1. The number of ether oxygens (including phenoxy) is 2. The summed E-state index contributed by atoms with van der Waals surface area (Å²) in [6, 6.07) is 18.4. The number of imide groups is 1. The zero-order chi connectivity index (χ0) is 24.1. The van der Waals surface area contributed by atoms with Gasteiger partial charge in [0.05, 0.1) is 12.0 Å². The molecule has 4 rings (SSSR count). The molecule has 7 nitrogen and oxygen atoms in total. The van der Waals surface area contributed by atoms with Gasteiger partial charge in [0.1, 0.15) is 13.2 Å². The Morgan fingerprint density at radius 3 is 2.65 bits per heavy atom. The molecule has 1 N–H and O–H groups in total. The van der Waals surface area contributed by atoms with E-state index in [0.29, 0.717) is 22.7 Å². The minimum atomic E-state index is -0.541. The molecule has 0 atom stereocenters. The molecule has 1 fully saturated rings. The summed E-state index contributed by atoms with van der Waals surface area (Å²) in [6.45, 7) is 3.50. The largest absolute Gasteiger partial charge is 0.493 e. The first kappa shape index (κ1) is 23.1. The molecule has 3 aromatic rings. The first-order chi connectivity index (χ1) is 16.5. The number of carbonyl (C=O) groups excluding carboxylic acids is 3. The third-order valence-electron chi connectivity index (χ3n) is 5.10. The molecule has 0 aliphatic carbocycles. The highest BCUT2D eigenvalue weighted by atomic mass is 32.2. The molecule has 1 saturated heterocycles. The molecule has 1 heterocycles. The van der Waals surface area contributed by atoms with Crippen molar-refractivity contribution in [2.45, 2.75) is 0 Å². The molecule has 0 unspecified atom stereocenters. The van der Waals surface area contributed by atoms with Crippen molar-refractivity contribution in [3.63, 3.8) is 0 Å². The van der Waals surface area contributed by atoms with Crippen LogP contribution in [0.25, 0.3) is 16.8 Å². The summed E-state index contributed by atoms with van der Waals surface area (Å²) in [6.07, 6.45) is 3.16. The van der Waals surface area contributed by atoms with Crippen molar-refractivity contribution in [2.75, 3.05) is 25.6 Å². The number of anilines is 1. The van der Waals surface area contributed by atoms with Gasteiger partial charge in [0.15, 0.2) is 11.5 Å². The van der Waals surface area contributed by atoms with Crippen LogP contribution in [0.3, 0.4) is 0 Å². The lowest BCUT2D eigenvalue weighted by molar-refractivity contribution is -0.127. The summed E-state index contributed by atoms with van der Waals surface area (Å²) in [5, 5.41) is 4.14. The Labute approximate surface area is 201 Å². The molecular weight excluding hydrogens is 452 g/mol. The molecule has 0 saturated carbocycles. The van der Waals surface area contributed by atoms with E-state index in [4.69, 9.17) is 9.47 Å². The minimum Gasteiger partial charge on any atom is -0.493 e. The number of nitrogens with one attached hydrogen (secondary N) is 1. The maximum Gasteiger partial charge on any atom is 0.294 e. The lowest BCUT2D eigenvalue weighted by Gasteiger charge is -2.14. The number of hydrogen-bond donors (Lipinski definition) is 1. The number of nitrogens with zero attached hydrogens (tertiary/aromatic N) is 1. The molecule has 0 bridgehead atoms. The molecule has 8 heteroatoms. The third kappa shape index (κ3) is 4.82. The number of amides is 3. The second-order valence-electron chi connectivity index (χ2n) is 7.32. The average molecular weight is 475 g/mol. The predicted molar refractivity (Wildman–Crippen MR) is 134 cm³/mol. The summed E-state index contributed by atoms with van der Waals surface area (Å²) >= 11 is 0.775. The molecule has 0 aromatic heterocycles. The monoisotopic (exact) mass is 474 g/mol. The number of hydrogen-bond acceptors (Lipinski definition) is 6. The van der Waals surface area contributed by atoms with Crippen LogP contribution in [0.4, 0.5) is 10.5 Å². The van der Waals surface area contributed by atoms with Gasteiger partial charge in [-0.05, 0) is 35.4 Å². The second kappa shape index (κ2) is 10.3. The van der Waals surface area contributed by atoms with Crippen LogP contribution in [-0.4, -0.2) is 42.2 Å². The maximum absolute atomic E-state index is 12.9. The van der Waals surface area contributed by atoms with Crippen molar-refractivity contribution in [1.29, 1.82) is 0 Å². The number of fused-ring (bicyclic) bond motifs is 1. The molecule has 0 radical (unpaired) electrons. The van der Waals surface area contributed by atoms with Gasteiger partial charge in [-0.25, -0.2) is 0 Å². The number of benzene rings is 3. The second-order valence-corrected chi connectivity index (χ2v) is 8.31. The van der Waals surface area contributed by atoms with E-state index in [1.807, 2.05) is 36.4 Å². The Morgan fingerprint density at radius 2 is 1.85 bits per heavy atom. The molecule has 1 aliphatic heterocycles. The van der Waals surface area contributed by atoms with E-state index in [1.165, 1.54) is 7.11 Å². The van der Waals surface area contributed by atoms with E-state index in [2.05, 4.69) is 11.9 Å². The first-order valence-electron chi connectivity index (χ1n) is 10.5. The Bertz CT molecular complexity index is 1310. The third-order valence-corrected chi connectivity index (χ3v) is 6.01. The Balaban J connectivity index is 1.52. The summed E-state index contributed by atoms with van der Waals surface area (Å²) < 4.78 is 11.0. The van der Waals surface area contributed by atoms with E-state index in [1.54, 1.807) is 36.4 Å². The fourth-order valence-corrected chi connectivity index (χ4v) is 4.38. The van der Waals surface area contributed by atoms with Crippen LogP contribution in [-0.2, 0) is 9.59 Å². The van der Waals surface area contributed by atoms with E-state index in [-0.39, 0.29) is 18.1 Å². The van der Waals surface area contributed by atoms with Crippen LogP contribution < -0.4 is 14.8 Å². The van der Waals surface area contributed by atoms with Crippen molar-refractivity contribution < 1.29 is 23.9 Å². The van der Waals surface area contributed by atoms with Crippen molar-refractivity contribution in [3.05, 3.63) is 83.8 Å². The molecular formula is C26H22N2O5S. The van der Waals surface area contributed by atoms with Gasteiger partial charge < -0.3 is 14.8 Å². The summed E-state index contributed by atoms with van der Waals surface area (Å²) in [5.74, 6) is -0.0773. The number of carbonyl (C=O) groups is 3. The van der Waals surface area contributed by atoms with Crippen molar-refractivity contribution >= 4 is 51.4 Å². The van der Waals surface area contributed by atoms with Crippen LogP contribution in [0.2, 0.25) is 0 Å². The van der Waals surface area contributed by atoms with Gasteiger partial charge in [0.2, 0.25) is 5.91 Å². The van der Waals surface area contributed by atoms with Gasteiger partial charge in [0, 0.05) is 16.6 Å². The predicted octanol–water partition coefficient (Wildman–Crippen LogP) is 5.09. The smallest absolute Gasteiger partial charge is 0.294 e. The Hall–Kier alpha value is -4.04. The van der Waals surface area contributed by atoms with E-state index >= 15 is 0 Å². The molecule has 0 spiro atoms. The van der Waals surface area contributed by atoms with Gasteiger partial charge in [-0.1, -0.05) is 61.2 Å². The van der Waals surface area contributed by atoms with Crippen molar-refractivity contribution in [1.82, 2.24) is 4.90 Å². The quantitative estimate of drug-likeness (QED) is 0.362. The molecule has 3 amide bonds. The van der Waals surface area contributed by atoms with Crippen molar-refractivity contribution in [3.8, 4) is 11.5 Å². The maximum atomic E-state index is 12.9. The fourth-order valence-electron chi connectivity index (χ4n) is 3.55. The zero-order valence-electron chi connectivity index (χ0n) is 18.4. The lowest BCUT2D eigenvalue weighted by Crippen LogP contribution is -2.36. The number of methoxy groups -OCH3 is 1. The highest BCUT2D eigenvalue weighted by Gasteiger charge is 2.36. The zero-order valence-corrected chi connectivity index (χ0v) is 19.3.